The highest BCUT2D eigenvalue weighted by atomic mass is 32.2. The first kappa shape index (κ1) is 19.9. The number of benzene rings is 3. The standard InChI is InChI=1S/C22H21F2OPS/c1-22(2,3)27(25)21-7-5-4-6-20(21)26(18-12-8-16(23)9-13-18)19-14-10-17(24)11-15-19/h4-15H,1-3H3. The molecule has 0 spiro atoms. The molecule has 0 heterocycles. The third-order valence-electron chi connectivity index (χ3n) is 4.03. The summed E-state index contributed by atoms with van der Waals surface area (Å²) in [6, 6.07) is 20.4. The van der Waals surface area contributed by atoms with Crippen molar-refractivity contribution in [2.24, 2.45) is 0 Å². The van der Waals surface area contributed by atoms with Crippen LogP contribution in [0.4, 0.5) is 8.78 Å². The molecular formula is C22H21F2OPS. The SMILES string of the molecule is CC(C)(C)S(=O)c1ccccc1P(c1ccc(F)cc1)c1ccc(F)cc1. The summed E-state index contributed by atoms with van der Waals surface area (Å²) in [5.74, 6) is -0.612. The molecule has 0 radical (unpaired) electrons. The summed E-state index contributed by atoms with van der Waals surface area (Å²) in [5.41, 5.74) is 0. The Bertz CT molecular complexity index is 902. The fourth-order valence-corrected chi connectivity index (χ4v) is 6.66. The molecule has 0 aliphatic carbocycles. The van der Waals surface area contributed by atoms with E-state index in [0.29, 0.717) is 0 Å². The summed E-state index contributed by atoms with van der Waals surface area (Å²) in [6.45, 7) is 5.83. The molecule has 0 N–H and O–H groups in total. The molecule has 3 aromatic carbocycles. The monoisotopic (exact) mass is 402 g/mol. The van der Waals surface area contributed by atoms with E-state index in [1.807, 2.05) is 45.0 Å². The van der Waals surface area contributed by atoms with Gasteiger partial charge in [-0.25, -0.2) is 8.78 Å². The van der Waals surface area contributed by atoms with Crippen molar-refractivity contribution in [3.8, 4) is 0 Å². The number of hydrogen-bond donors (Lipinski definition) is 0. The first-order valence-corrected chi connectivity index (χ1v) is 11.1. The van der Waals surface area contributed by atoms with Gasteiger partial charge in [-0.05, 0) is 69.6 Å². The Labute approximate surface area is 162 Å². The van der Waals surface area contributed by atoms with Gasteiger partial charge in [-0.3, -0.25) is 4.21 Å². The van der Waals surface area contributed by atoms with E-state index in [0.717, 1.165) is 20.8 Å². The molecule has 0 amide bonds. The second-order valence-electron chi connectivity index (χ2n) is 7.14. The Hall–Kier alpha value is -1.90. The number of rotatable bonds is 4. The Morgan fingerprint density at radius 3 is 1.63 bits per heavy atom. The molecule has 1 nitrogen and oxygen atoms in total. The molecule has 0 saturated carbocycles. The minimum Gasteiger partial charge on any atom is -0.254 e. The van der Waals surface area contributed by atoms with Crippen LogP contribution in [-0.2, 0) is 10.8 Å². The summed E-state index contributed by atoms with van der Waals surface area (Å²) < 4.78 is 39.7. The second-order valence-corrected chi connectivity index (χ2v) is 11.5. The van der Waals surface area contributed by atoms with E-state index in [9.17, 15) is 13.0 Å². The molecule has 0 saturated heterocycles. The van der Waals surface area contributed by atoms with Gasteiger partial charge in [-0.15, -0.1) is 0 Å². The van der Waals surface area contributed by atoms with E-state index in [-0.39, 0.29) is 11.6 Å². The van der Waals surface area contributed by atoms with Crippen LogP contribution in [0, 0.1) is 11.6 Å². The van der Waals surface area contributed by atoms with Gasteiger partial charge in [0.25, 0.3) is 0 Å². The molecule has 5 heteroatoms. The largest absolute Gasteiger partial charge is 0.254 e. The first-order valence-electron chi connectivity index (χ1n) is 8.59. The lowest BCUT2D eigenvalue weighted by Gasteiger charge is -2.25. The van der Waals surface area contributed by atoms with Crippen LogP contribution in [0.5, 0.6) is 0 Å². The average Bonchev–Trinajstić information content (AvgIpc) is 2.64. The van der Waals surface area contributed by atoms with Crippen LogP contribution in [-0.4, -0.2) is 8.96 Å². The van der Waals surface area contributed by atoms with Crippen LogP contribution in [0.15, 0.2) is 77.7 Å². The molecule has 0 aromatic heterocycles. The van der Waals surface area contributed by atoms with E-state index >= 15 is 0 Å². The predicted molar refractivity (Wildman–Crippen MR) is 111 cm³/mol. The maximum atomic E-state index is 13.5. The summed E-state index contributed by atoms with van der Waals surface area (Å²) in [4.78, 5) is 0.768. The van der Waals surface area contributed by atoms with E-state index in [1.165, 1.54) is 24.3 Å². The molecule has 140 valence electrons. The highest BCUT2D eigenvalue weighted by Gasteiger charge is 2.27. The van der Waals surface area contributed by atoms with Crippen molar-refractivity contribution in [3.63, 3.8) is 0 Å². The number of hydrogen-bond acceptors (Lipinski definition) is 1. The van der Waals surface area contributed by atoms with Crippen molar-refractivity contribution in [3.05, 3.63) is 84.4 Å². The molecule has 1 unspecified atom stereocenters. The Morgan fingerprint density at radius 1 is 0.741 bits per heavy atom. The quantitative estimate of drug-likeness (QED) is 0.582. The molecule has 3 aromatic rings. The Kier molecular flexibility index (Phi) is 5.88. The summed E-state index contributed by atoms with van der Waals surface area (Å²) in [7, 11) is -2.32. The maximum absolute atomic E-state index is 13.5. The van der Waals surface area contributed by atoms with Gasteiger partial charge in [0.15, 0.2) is 0 Å². The topological polar surface area (TPSA) is 17.1 Å². The smallest absolute Gasteiger partial charge is 0.123 e. The summed E-state index contributed by atoms with van der Waals surface area (Å²) in [5, 5.41) is 2.80. The van der Waals surface area contributed by atoms with Gasteiger partial charge in [0, 0.05) is 14.9 Å². The van der Waals surface area contributed by atoms with Gasteiger partial charge in [-0.1, -0.05) is 42.5 Å². The molecular weight excluding hydrogens is 381 g/mol. The third-order valence-corrected chi connectivity index (χ3v) is 8.55. The van der Waals surface area contributed by atoms with Crippen molar-refractivity contribution in [2.45, 2.75) is 30.4 Å². The maximum Gasteiger partial charge on any atom is 0.123 e. The van der Waals surface area contributed by atoms with Gasteiger partial charge in [-0.2, -0.15) is 0 Å². The van der Waals surface area contributed by atoms with Gasteiger partial charge >= 0.3 is 0 Å². The van der Waals surface area contributed by atoms with Crippen LogP contribution in [0.3, 0.4) is 0 Å². The zero-order valence-electron chi connectivity index (χ0n) is 15.4. The molecule has 3 rings (SSSR count). The zero-order chi connectivity index (χ0) is 19.6. The highest BCUT2D eigenvalue weighted by Crippen LogP contribution is 2.36. The highest BCUT2D eigenvalue weighted by molar-refractivity contribution is 7.88. The summed E-state index contributed by atoms with van der Waals surface area (Å²) >= 11 is 0. The summed E-state index contributed by atoms with van der Waals surface area (Å²) in [6.07, 6.45) is 0. The fourth-order valence-electron chi connectivity index (χ4n) is 2.74. The van der Waals surface area contributed by atoms with Crippen LogP contribution >= 0.6 is 7.92 Å². The van der Waals surface area contributed by atoms with Gasteiger partial charge < -0.3 is 0 Å². The van der Waals surface area contributed by atoms with Crippen molar-refractivity contribution in [1.29, 1.82) is 0 Å². The molecule has 27 heavy (non-hydrogen) atoms. The van der Waals surface area contributed by atoms with Crippen LogP contribution in [0.2, 0.25) is 0 Å². The normalized spacial score (nSPS) is 13.0. The fraction of sp³-hybridized carbons (Fsp3) is 0.182. The van der Waals surface area contributed by atoms with E-state index in [2.05, 4.69) is 0 Å². The molecule has 0 bridgehead atoms. The van der Waals surface area contributed by atoms with Crippen molar-refractivity contribution >= 4 is 34.6 Å². The lowest BCUT2D eigenvalue weighted by atomic mass is 10.3. The van der Waals surface area contributed by atoms with Gasteiger partial charge in [0.1, 0.15) is 11.6 Å². The van der Waals surface area contributed by atoms with Crippen LogP contribution in [0.25, 0.3) is 0 Å². The zero-order valence-corrected chi connectivity index (χ0v) is 17.2. The van der Waals surface area contributed by atoms with Crippen molar-refractivity contribution < 1.29 is 13.0 Å². The van der Waals surface area contributed by atoms with Gasteiger partial charge in [0.05, 0.1) is 10.8 Å². The van der Waals surface area contributed by atoms with Crippen molar-refractivity contribution in [2.75, 3.05) is 0 Å². The van der Waals surface area contributed by atoms with E-state index in [1.54, 1.807) is 24.3 Å². The number of halogens is 2. The van der Waals surface area contributed by atoms with Gasteiger partial charge in [0.2, 0.25) is 0 Å². The minimum absolute atomic E-state index is 0.306. The molecule has 0 aliphatic rings. The lowest BCUT2D eigenvalue weighted by Crippen LogP contribution is -2.29. The minimum atomic E-state index is -1.22. The molecule has 0 aliphatic heterocycles. The Balaban J connectivity index is 2.21. The third kappa shape index (κ3) is 4.51. The van der Waals surface area contributed by atoms with Crippen LogP contribution in [0.1, 0.15) is 20.8 Å². The van der Waals surface area contributed by atoms with Crippen LogP contribution < -0.4 is 15.9 Å². The molecule has 0 fully saturated rings. The lowest BCUT2D eigenvalue weighted by molar-refractivity contribution is 0.628. The van der Waals surface area contributed by atoms with E-state index < -0.39 is 23.5 Å². The first-order chi connectivity index (χ1) is 12.8. The average molecular weight is 402 g/mol. The molecule has 1 atom stereocenters. The van der Waals surface area contributed by atoms with Crippen molar-refractivity contribution in [1.82, 2.24) is 0 Å². The van der Waals surface area contributed by atoms with E-state index in [4.69, 9.17) is 0 Å². The Morgan fingerprint density at radius 2 is 1.19 bits per heavy atom. The second kappa shape index (κ2) is 8.00. The predicted octanol–water partition coefficient (Wildman–Crippen LogP) is 4.63.